The molecular weight excluding hydrogens is 188 g/mol. The normalized spacial score (nSPS) is 18.5. The minimum atomic E-state index is 0.0148. The molecule has 4 nitrogen and oxygen atoms in total. The Bertz CT molecular complexity index is 160. The third-order valence-electron chi connectivity index (χ3n) is 1.90. The highest BCUT2D eigenvalue weighted by Gasteiger charge is 2.13. The summed E-state index contributed by atoms with van der Waals surface area (Å²) in [5.74, 6) is 2.25. The van der Waals surface area contributed by atoms with Crippen LogP contribution < -0.4 is 5.32 Å². The summed E-state index contributed by atoms with van der Waals surface area (Å²) >= 11 is 1.93. The zero-order chi connectivity index (χ0) is 9.52. The third-order valence-corrected chi connectivity index (χ3v) is 2.85. The van der Waals surface area contributed by atoms with E-state index >= 15 is 0 Å². The Hall–Kier alpha value is -0.260. The lowest BCUT2D eigenvalue weighted by atomic mass is 10.4. The molecule has 0 saturated carbocycles. The molecule has 0 aromatic rings. The summed E-state index contributed by atoms with van der Waals surface area (Å²) < 4.78 is 0. The van der Waals surface area contributed by atoms with E-state index in [0.29, 0.717) is 13.1 Å². The van der Waals surface area contributed by atoms with E-state index in [4.69, 9.17) is 5.11 Å². The summed E-state index contributed by atoms with van der Waals surface area (Å²) in [7, 11) is 0. The second kappa shape index (κ2) is 6.23. The number of nitrogens with one attached hydrogen (secondary N) is 1. The van der Waals surface area contributed by atoms with E-state index in [1.807, 2.05) is 11.8 Å². The highest BCUT2D eigenvalue weighted by molar-refractivity contribution is 7.99. The van der Waals surface area contributed by atoms with E-state index in [1.165, 1.54) is 0 Å². The first kappa shape index (κ1) is 10.8. The summed E-state index contributed by atoms with van der Waals surface area (Å²) in [5, 5.41) is 11.1. The Labute approximate surface area is 82.7 Å². The smallest absolute Gasteiger partial charge is 0.234 e. The molecule has 1 aliphatic heterocycles. The van der Waals surface area contributed by atoms with Crippen LogP contribution in [0.25, 0.3) is 0 Å². The standard InChI is InChI=1S/C8H16N2O2S/c11-4-1-9-8(12)7-10-2-5-13-6-3-10/h11H,1-7H2,(H,9,12). The average molecular weight is 204 g/mol. The maximum atomic E-state index is 11.2. The van der Waals surface area contributed by atoms with E-state index in [1.54, 1.807) is 0 Å². The first-order chi connectivity index (χ1) is 6.33. The Morgan fingerprint density at radius 2 is 2.15 bits per heavy atom. The maximum absolute atomic E-state index is 11.2. The van der Waals surface area contributed by atoms with E-state index in [9.17, 15) is 4.79 Å². The molecule has 1 amide bonds. The van der Waals surface area contributed by atoms with E-state index in [0.717, 1.165) is 24.6 Å². The SMILES string of the molecule is O=C(CN1CCSCC1)NCCO. The van der Waals surface area contributed by atoms with Crippen molar-refractivity contribution in [2.75, 3.05) is 44.3 Å². The highest BCUT2D eigenvalue weighted by atomic mass is 32.2. The first-order valence-corrected chi connectivity index (χ1v) is 5.66. The Balaban J connectivity index is 2.11. The number of nitrogens with zero attached hydrogens (tertiary/aromatic N) is 1. The van der Waals surface area contributed by atoms with Crippen LogP contribution in [-0.4, -0.2) is 60.2 Å². The van der Waals surface area contributed by atoms with Crippen LogP contribution in [-0.2, 0) is 4.79 Å². The van der Waals surface area contributed by atoms with Gasteiger partial charge in [0.15, 0.2) is 0 Å². The van der Waals surface area contributed by atoms with Crippen LogP contribution in [0.4, 0.5) is 0 Å². The predicted octanol–water partition coefficient (Wildman–Crippen LogP) is -0.856. The lowest BCUT2D eigenvalue weighted by Gasteiger charge is -2.25. The van der Waals surface area contributed by atoms with E-state index in [-0.39, 0.29) is 12.5 Å². The van der Waals surface area contributed by atoms with Gasteiger partial charge in [0, 0.05) is 31.1 Å². The molecule has 0 bridgehead atoms. The number of hydrogen-bond donors (Lipinski definition) is 2. The van der Waals surface area contributed by atoms with Crippen molar-refractivity contribution in [1.29, 1.82) is 0 Å². The number of rotatable bonds is 4. The molecule has 1 heterocycles. The number of amides is 1. The van der Waals surface area contributed by atoms with Crippen molar-refractivity contribution in [3.63, 3.8) is 0 Å². The van der Waals surface area contributed by atoms with Crippen LogP contribution in [0.2, 0.25) is 0 Å². The zero-order valence-electron chi connectivity index (χ0n) is 7.66. The van der Waals surface area contributed by atoms with Crippen LogP contribution in [0.5, 0.6) is 0 Å². The van der Waals surface area contributed by atoms with Crippen LogP contribution in [0.3, 0.4) is 0 Å². The van der Waals surface area contributed by atoms with Gasteiger partial charge in [-0.25, -0.2) is 0 Å². The number of hydrogen-bond acceptors (Lipinski definition) is 4. The molecule has 2 N–H and O–H groups in total. The summed E-state index contributed by atoms with van der Waals surface area (Å²) in [6, 6.07) is 0. The molecule has 1 fully saturated rings. The Morgan fingerprint density at radius 3 is 2.77 bits per heavy atom. The predicted molar refractivity (Wildman–Crippen MR) is 53.9 cm³/mol. The highest BCUT2D eigenvalue weighted by Crippen LogP contribution is 2.07. The lowest BCUT2D eigenvalue weighted by molar-refractivity contribution is -0.122. The molecule has 1 aliphatic rings. The largest absolute Gasteiger partial charge is 0.395 e. The lowest BCUT2D eigenvalue weighted by Crippen LogP contribution is -2.41. The average Bonchev–Trinajstić information content (AvgIpc) is 2.16. The van der Waals surface area contributed by atoms with Gasteiger partial charge < -0.3 is 10.4 Å². The summed E-state index contributed by atoms with van der Waals surface area (Å²) in [6.07, 6.45) is 0. The quantitative estimate of drug-likeness (QED) is 0.626. The summed E-state index contributed by atoms with van der Waals surface area (Å²) in [5.41, 5.74) is 0. The van der Waals surface area contributed by atoms with Crippen molar-refractivity contribution in [2.24, 2.45) is 0 Å². The second-order valence-electron chi connectivity index (χ2n) is 2.96. The van der Waals surface area contributed by atoms with Gasteiger partial charge in [0.1, 0.15) is 0 Å². The molecular formula is C8H16N2O2S. The maximum Gasteiger partial charge on any atom is 0.234 e. The molecule has 0 atom stereocenters. The van der Waals surface area contributed by atoms with Crippen molar-refractivity contribution in [3.05, 3.63) is 0 Å². The van der Waals surface area contributed by atoms with E-state index in [2.05, 4.69) is 10.2 Å². The van der Waals surface area contributed by atoms with Crippen molar-refractivity contribution in [3.8, 4) is 0 Å². The number of aliphatic hydroxyl groups is 1. The van der Waals surface area contributed by atoms with Crippen molar-refractivity contribution in [1.82, 2.24) is 10.2 Å². The van der Waals surface area contributed by atoms with Gasteiger partial charge in [-0.3, -0.25) is 9.69 Å². The van der Waals surface area contributed by atoms with Gasteiger partial charge in [0.05, 0.1) is 13.2 Å². The minimum Gasteiger partial charge on any atom is -0.395 e. The molecule has 0 aromatic carbocycles. The first-order valence-electron chi connectivity index (χ1n) is 4.50. The third kappa shape index (κ3) is 4.50. The second-order valence-corrected chi connectivity index (χ2v) is 4.19. The topological polar surface area (TPSA) is 52.6 Å². The zero-order valence-corrected chi connectivity index (χ0v) is 8.48. The van der Waals surface area contributed by atoms with E-state index < -0.39 is 0 Å². The molecule has 76 valence electrons. The van der Waals surface area contributed by atoms with Gasteiger partial charge in [-0.2, -0.15) is 11.8 Å². The Kier molecular flexibility index (Phi) is 5.19. The Morgan fingerprint density at radius 1 is 1.46 bits per heavy atom. The number of carbonyl (C=O) groups is 1. The fraction of sp³-hybridized carbons (Fsp3) is 0.875. The number of carbonyl (C=O) groups excluding carboxylic acids is 1. The van der Waals surface area contributed by atoms with Gasteiger partial charge in [-0.15, -0.1) is 0 Å². The van der Waals surface area contributed by atoms with Gasteiger partial charge in [-0.1, -0.05) is 0 Å². The molecule has 0 unspecified atom stereocenters. The number of aliphatic hydroxyl groups excluding tert-OH is 1. The molecule has 0 radical (unpaired) electrons. The minimum absolute atomic E-state index is 0.0148. The summed E-state index contributed by atoms with van der Waals surface area (Å²) in [4.78, 5) is 13.3. The van der Waals surface area contributed by atoms with Gasteiger partial charge in [0.2, 0.25) is 5.91 Å². The van der Waals surface area contributed by atoms with Crippen molar-refractivity contribution in [2.45, 2.75) is 0 Å². The molecule has 1 rings (SSSR count). The molecule has 13 heavy (non-hydrogen) atoms. The van der Waals surface area contributed by atoms with Crippen LogP contribution >= 0.6 is 11.8 Å². The fourth-order valence-electron chi connectivity index (χ4n) is 1.21. The van der Waals surface area contributed by atoms with Gasteiger partial charge in [0.25, 0.3) is 0 Å². The molecule has 0 aromatic heterocycles. The van der Waals surface area contributed by atoms with Crippen molar-refractivity contribution < 1.29 is 9.90 Å². The molecule has 0 spiro atoms. The van der Waals surface area contributed by atoms with Gasteiger partial charge >= 0.3 is 0 Å². The fourth-order valence-corrected chi connectivity index (χ4v) is 2.19. The number of thioether (sulfide) groups is 1. The molecule has 5 heteroatoms. The van der Waals surface area contributed by atoms with Crippen LogP contribution in [0.1, 0.15) is 0 Å². The van der Waals surface area contributed by atoms with Crippen LogP contribution in [0, 0.1) is 0 Å². The van der Waals surface area contributed by atoms with Crippen molar-refractivity contribution >= 4 is 17.7 Å². The molecule has 0 aliphatic carbocycles. The van der Waals surface area contributed by atoms with Gasteiger partial charge in [-0.05, 0) is 0 Å². The molecule has 1 saturated heterocycles. The monoisotopic (exact) mass is 204 g/mol. The summed E-state index contributed by atoms with van der Waals surface area (Å²) in [6.45, 7) is 2.85. The van der Waals surface area contributed by atoms with Crippen LogP contribution in [0.15, 0.2) is 0 Å².